The highest BCUT2D eigenvalue weighted by molar-refractivity contribution is 7.13. The molecule has 4 rings (SSSR count). The number of hydrogen-bond donors (Lipinski definition) is 0. The summed E-state index contributed by atoms with van der Waals surface area (Å²) in [6.45, 7) is 1.54. The van der Waals surface area contributed by atoms with E-state index in [1.54, 1.807) is 29.5 Å². The molecule has 0 unspecified atom stereocenters. The van der Waals surface area contributed by atoms with E-state index < -0.39 is 0 Å². The second-order valence-corrected chi connectivity index (χ2v) is 6.44. The molecule has 0 bridgehead atoms. The van der Waals surface area contributed by atoms with Gasteiger partial charge in [0.05, 0.1) is 10.6 Å². The number of ketones is 1. The minimum absolute atomic E-state index is 0.00567. The van der Waals surface area contributed by atoms with E-state index in [1.165, 1.54) is 6.92 Å². The van der Waals surface area contributed by atoms with Crippen LogP contribution in [0.4, 0.5) is 11.5 Å². The van der Waals surface area contributed by atoms with Crippen molar-refractivity contribution in [1.82, 2.24) is 9.38 Å². The molecular weight excluding hydrogens is 332 g/mol. The smallest absolute Gasteiger partial charge is 0.188 e. The minimum Gasteiger partial charge on any atom is -0.295 e. The molecule has 0 N–H and O–H groups in total. The first-order valence-electron chi connectivity index (χ1n) is 7.76. The normalized spacial score (nSPS) is 11.4. The fourth-order valence-corrected chi connectivity index (χ4v) is 3.26. The van der Waals surface area contributed by atoms with Crippen molar-refractivity contribution in [3.05, 3.63) is 71.7 Å². The van der Waals surface area contributed by atoms with E-state index in [9.17, 15) is 4.79 Å². The van der Waals surface area contributed by atoms with Crippen LogP contribution in [0.3, 0.4) is 0 Å². The van der Waals surface area contributed by atoms with Crippen molar-refractivity contribution in [2.45, 2.75) is 6.92 Å². The number of aromatic nitrogens is 2. The van der Waals surface area contributed by atoms with Crippen molar-refractivity contribution in [1.29, 1.82) is 0 Å². The molecule has 0 spiro atoms. The van der Waals surface area contributed by atoms with E-state index in [0.29, 0.717) is 17.1 Å². The highest BCUT2D eigenvalue weighted by Gasteiger charge is 2.14. The number of azo groups is 1. The number of carbonyl (C=O) groups is 1. The molecule has 25 heavy (non-hydrogen) atoms. The standard InChI is InChI=1S/C19H14N4OS/c1-13(24)14-6-4-7-15(12-14)21-22-19-18(16-8-5-11-25-16)20-17-9-2-3-10-23(17)19/h2-12H,1H3. The van der Waals surface area contributed by atoms with Gasteiger partial charge in [-0.2, -0.15) is 0 Å². The Kier molecular flexibility index (Phi) is 3.95. The van der Waals surface area contributed by atoms with Crippen LogP contribution in [0.1, 0.15) is 17.3 Å². The summed E-state index contributed by atoms with van der Waals surface area (Å²) < 4.78 is 1.91. The van der Waals surface area contributed by atoms with E-state index in [0.717, 1.165) is 16.2 Å². The Bertz CT molecular complexity index is 1080. The van der Waals surface area contributed by atoms with E-state index in [1.807, 2.05) is 52.4 Å². The molecule has 4 aromatic rings. The second-order valence-electron chi connectivity index (χ2n) is 5.50. The van der Waals surface area contributed by atoms with Crippen molar-refractivity contribution < 1.29 is 4.79 Å². The molecule has 1 aromatic carbocycles. The van der Waals surface area contributed by atoms with Gasteiger partial charge in [0.2, 0.25) is 0 Å². The topological polar surface area (TPSA) is 59.1 Å². The molecule has 0 amide bonds. The van der Waals surface area contributed by atoms with Crippen molar-refractivity contribution in [2.24, 2.45) is 10.2 Å². The lowest BCUT2D eigenvalue weighted by Gasteiger charge is -1.99. The lowest BCUT2D eigenvalue weighted by molar-refractivity contribution is 0.101. The summed E-state index contributed by atoms with van der Waals surface area (Å²) in [5, 5.41) is 10.8. The number of carbonyl (C=O) groups excluding carboxylic acids is 1. The van der Waals surface area contributed by atoms with Gasteiger partial charge in [0.25, 0.3) is 0 Å². The summed E-state index contributed by atoms with van der Waals surface area (Å²) in [7, 11) is 0. The van der Waals surface area contributed by atoms with Gasteiger partial charge in [-0.25, -0.2) is 4.98 Å². The summed E-state index contributed by atoms with van der Waals surface area (Å²) in [4.78, 5) is 17.2. The molecule has 3 aromatic heterocycles. The largest absolute Gasteiger partial charge is 0.295 e. The Morgan fingerprint density at radius 1 is 1.08 bits per heavy atom. The zero-order valence-corrected chi connectivity index (χ0v) is 14.3. The quantitative estimate of drug-likeness (QED) is 0.352. The molecule has 0 aliphatic carbocycles. The van der Waals surface area contributed by atoms with Gasteiger partial charge in [-0.3, -0.25) is 9.20 Å². The van der Waals surface area contributed by atoms with Gasteiger partial charge in [-0.1, -0.05) is 24.3 Å². The van der Waals surface area contributed by atoms with Crippen LogP contribution >= 0.6 is 11.3 Å². The summed E-state index contributed by atoms with van der Waals surface area (Å²) in [6, 6.07) is 17.0. The van der Waals surface area contributed by atoms with Crippen LogP contribution in [0.15, 0.2) is 76.4 Å². The van der Waals surface area contributed by atoms with Crippen molar-refractivity contribution in [2.75, 3.05) is 0 Å². The first-order chi connectivity index (χ1) is 12.2. The van der Waals surface area contributed by atoms with Crippen LogP contribution in [-0.4, -0.2) is 15.2 Å². The number of pyridine rings is 1. The Balaban J connectivity index is 1.82. The van der Waals surface area contributed by atoms with Crippen molar-refractivity contribution in [3.8, 4) is 10.6 Å². The number of rotatable bonds is 4. The molecule has 122 valence electrons. The molecule has 0 radical (unpaired) electrons. The van der Waals surface area contributed by atoms with E-state index in [-0.39, 0.29) is 5.78 Å². The molecule has 0 atom stereocenters. The summed E-state index contributed by atoms with van der Waals surface area (Å²) in [6.07, 6.45) is 1.92. The van der Waals surface area contributed by atoms with Gasteiger partial charge in [0.1, 0.15) is 11.3 Å². The van der Waals surface area contributed by atoms with Gasteiger partial charge in [0, 0.05) is 11.8 Å². The third kappa shape index (κ3) is 2.99. The average molecular weight is 346 g/mol. The molecule has 3 heterocycles. The Morgan fingerprint density at radius 2 is 2.00 bits per heavy atom. The van der Waals surface area contributed by atoms with E-state index >= 15 is 0 Å². The number of Topliss-reactive ketones (excluding diaryl/α,β-unsaturated/α-hetero) is 1. The number of nitrogens with zero attached hydrogens (tertiary/aromatic N) is 4. The number of fused-ring (bicyclic) bond motifs is 1. The fraction of sp³-hybridized carbons (Fsp3) is 0.0526. The number of imidazole rings is 1. The predicted molar refractivity (Wildman–Crippen MR) is 99.1 cm³/mol. The molecule has 6 heteroatoms. The monoisotopic (exact) mass is 346 g/mol. The maximum Gasteiger partial charge on any atom is 0.188 e. The average Bonchev–Trinajstić information content (AvgIpc) is 3.27. The maximum atomic E-state index is 11.5. The summed E-state index contributed by atoms with van der Waals surface area (Å²) in [5.41, 5.74) is 2.87. The maximum absolute atomic E-state index is 11.5. The van der Waals surface area contributed by atoms with Gasteiger partial charge in [0.15, 0.2) is 11.6 Å². The molecule has 0 aliphatic heterocycles. The predicted octanol–water partition coefficient (Wildman–Crippen LogP) is 5.68. The van der Waals surface area contributed by atoms with Crippen LogP contribution in [0.2, 0.25) is 0 Å². The van der Waals surface area contributed by atoms with Gasteiger partial charge in [-0.15, -0.1) is 21.6 Å². The van der Waals surface area contributed by atoms with Crippen LogP contribution in [0.5, 0.6) is 0 Å². The first kappa shape index (κ1) is 15.4. The van der Waals surface area contributed by atoms with Crippen LogP contribution in [0, 0.1) is 0 Å². The second kappa shape index (κ2) is 6.41. The first-order valence-corrected chi connectivity index (χ1v) is 8.64. The van der Waals surface area contributed by atoms with Crippen LogP contribution in [-0.2, 0) is 0 Å². The fourth-order valence-electron chi connectivity index (χ4n) is 2.55. The highest BCUT2D eigenvalue weighted by Crippen LogP contribution is 2.34. The molecule has 0 saturated carbocycles. The molecule has 0 saturated heterocycles. The zero-order valence-electron chi connectivity index (χ0n) is 13.5. The van der Waals surface area contributed by atoms with Gasteiger partial charge in [-0.05, 0) is 42.6 Å². The number of hydrogen-bond acceptors (Lipinski definition) is 5. The number of thiophene rings is 1. The molecule has 5 nitrogen and oxygen atoms in total. The van der Waals surface area contributed by atoms with E-state index in [4.69, 9.17) is 0 Å². The summed E-state index contributed by atoms with van der Waals surface area (Å²) in [5.74, 6) is 0.678. The molecule has 0 fully saturated rings. The zero-order chi connectivity index (χ0) is 17.2. The Labute approximate surface area is 148 Å². The highest BCUT2D eigenvalue weighted by atomic mass is 32.1. The minimum atomic E-state index is 0.00567. The number of benzene rings is 1. The lowest BCUT2D eigenvalue weighted by atomic mass is 10.1. The lowest BCUT2D eigenvalue weighted by Crippen LogP contribution is -1.89. The van der Waals surface area contributed by atoms with Crippen LogP contribution in [0.25, 0.3) is 16.2 Å². The van der Waals surface area contributed by atoms with Gasteiger partial charge < -0.3 is 0 Å². The Hall–Kier alpha value is -3.12. The van der Waals surface area contributed by atoms with E-state index in [2.05, 4.69) is 15.2 Å². The van der Waals surface area contributed by atoms with Crippen molar-refractivity contribution in [3.63, 3.8) is 0 Å². The molecule has 0 aliphatic rings. The van der Waals surface area contributed by atoms with Crippen molar-refractivity contribution >= 4 is 34.3 Å². The SMILES string of the molecule is CC(=O)c1cccc(N=Nc2c(-c3cccs3)nc3ccccn23)c1. The van der Waals surface area contributed by atoms with Gasteiger partial charge >= 0.3 is 0 Å². The third-order valence-electron chi connectivity index (χ3n) is 3.77. The molecular formula is C19H14N4OS. The Morgan fingerprint density at radius 3 is 2.80 bits per heavy atom. The van der Waals surface area contributed by atoms with Crippen LogP contribution < -0.4 is 0 Å². The third-order valence-corrected chi connectivity index (χ3v) is 4.65. The summed E-state index contributed by atoms with van der Waals surface area (Å²) >= 11 is 1.61.